The summed E-state index contributed by atoms with van der Waals surface area (Å²) >= 11 is 1.35. The van der Waals surface area contributed by atoms with Gasteiger partial charge in [0.05, 0.1) is 4.88 Å². The summed E-state index contributed by atoms with van der Waals surface area (Å²) in [4.78, 5) is 25.3. The van der Waals surface area contributed by atoms with Crippen LogP contribution in [0.4, 0.5) is 0 Å². The molecule has 1 unspecified atom stereocenters. The minimum atomic E-state index is -0.594. The van der Waals surface area contributed by atoms with E-state index in [9.17, 15) is 9.59 Å². The van der Waals surface area contributed by atoms with Gasteiger partial charge < -0.3 is 20.1 Å². The SMILES string of the molecule is CC(C)C(NC(=O)c1cccs1)C(=O)NCc1ccc2c(c1)OCO2. The smallest absolute Gasteiger partial charge is 0.262 e. The highest BCUT2D eigenvalue weighted by atomic mass is 32.1. The van der Waals surface area contributed by atoms with Crippen molar-refractivity contribution in [3.8, 4) is 11.5 Å². The van der Waals surface area contributed by atoms with Gasteiger partial charge in [-0.1, -0.05) is 26.0 Å². The number of hydrogen-bond donors (Lipinski definition) is 2. The van der Waals surface area contributed by atoms with E-state index < -0.39 is 6.04 Å². The van der Waals surface area contributed by atoms with E-state index in [1.54, 1.807) is 6.07 Å². The molecule has 1 atom stereocenters. The first-order chi connectivity index (χ1) is 12.0. The molecule has 6 nitrogen and oxygen atoms in total. The van der Waals surface area contributed by atoms with E-state index in [1.165, 1.54) is 11.3 Å². The van der Waals surface area contributed by atoms with Crippen LogP contribution in [-0.4, -0.2) is 24.6 Å². The number of fused-ring (bicyclic) bond motifs is 1. The van der Waals surface area contributed by atoms with Crippen LogP contribution < -0.4 is 20.1 Å². The molecule has 0 aliphatic carbocycles. The number of carbonyl (C=O) groups is 2. The van der Waals surface area contributed by atoms with Crippen molar-refractivity contribution in [3.05, 3.63) is 46.2 Å². The van der Waals surface area contributed by atoms with Crippen molar-refractivity contribution in [2.24, 2.45) is 5.92 Å². The molecule has 0 fully saturated rings. The number of amides is 2. The van der Waals surface area contributed by atoms with Crippen molar-refractivity contribution in [1.29, 1.82) is 0 Å². The van der Waals surface area contributed by atoms with E-state index in [0.29, 0.717) is 22.9 Å². The Hall–Kier alpha value is -2.54. The molecule has 0 spiro atoms. The van der Waals surface area contributed by atoms with Gasteiger partial charge in [0.2, 0.25) is 12.7 Å². The predicted octanol–water partition coefficient (Wildman–Crippen LogP) is 2.55. The van der Waals surface area contributed by atoms with E-state index in [4.69, 9.17) is 9.47 Å². The van der Waals surface area contributed by atoms with Gasteiger partial charge in [-0.15, -0.1) is 11.3 Å². The first-order valence-electron chi connectivity index (χ1n) is 8.05. The monoisotopic (exact) mass is 360 g/mol. The lowest BCUT2D eigenvalue weighted by atomic mass is 10.0. The minimum absolute atomic E-state index is 0.0272. The summed E-state index contributed by atoms with van der Waals surface area (Å²) in [5.41, 5.74) is 0.907. The second kappa shape index (κ2) is 7.57. The normalized spacial score (nSPS) is 13.6. The van der Waals surface area contributed by atoms with Crippen LogP contribution >= 0.6 is 11.3 Å². The highest BCUT2D eigenvalue weighted by molar-refractivity contribution is 7.12. The van der Waals surface area contributed by atoms with Gasteiger partial charge in [0, 0.05) is 6.54 Å². The first kappa shape index (κ1) is 17.3. The molecule has 0 saturated carbocycles. The molecule has 1 aromatic carbocycles. The van der Waals surface area contributed by atoms with Crippen LogP contribution in [0.3, 0.4) is 0 Å². The zero-order valence-corrected chi connectivity index (χ0v) is 14.9. The summed E-state index contributed by atoms with van der Waals surface area (Å²) in [7, 11) is 0. The fourth-order valence-corrected chi connectivity index (χ4v) is 3.13. The maximum atomic E-state index is 12.5. The Bertz CT molecular complexity index is 758. The Morgan fingerprint density at radius 3 is 2.72 bits per heavy atom. The van der Waals surface area contributed by atoms with Crippen LogP contribution in [0.1, 0.15) is 29.1 Å². The van der Waals surface area contributed by atoms with E-state index in [-0.39, 0.29) is 24.5 Å². The van der Waals surface area contributed by atoms with Crippen molar-refractivity contribution in [3.63, 3.8) is 0 Å². The highest BCUT2D eigenvalue weighted by Gasteiger charge is 2.25. The second-order valence-electron chi connectivity index (χ2n) is 6.08. The number of carbonyl (C=O) groups excluding carboxylic acids is 2. The Morgan fingerprint density at radius 1 is 1.20 bits per heavy atom. The Kier molecular flexibility index (Phi) is 5.23. The van der Waals surface area contributed by atoms with Crippen molar-refractivity contribution in [2.45, 2.75) is 26.4 Å². The molecule has 3 rings (SSSR count). The van der Waals surface area contributed by atoms with Gasteiger partial charge in [-0.25, -0.2) is 0 Å². The van der Waals surface area contributed by atoms with Crippen LogP contribution in [0.25, 0.3) is 0 Å². The Morgan fingerprint density at radius 2 is 2.00 bits per heavy atom. The van der Waals surface area contributed by atoms with Crippen molar-refractivity contribution >= 4 is 23.2 Å². The van der Waals surface area contributed by atoms with Crippen LogP contribution in [0.15, 0.2) is 35.7 Å². The zero-order valence-electron chi connectivity index (χ0n) is 14.1. The topological polar surface area (TPSA) is 76.7 Å². The van der Waals surface area contributed by atoms with E-state index in [1.807, 2.05) is 43.5 Å². The average Bonchev–Trinajstić information content (AvgIpc) is 3.27. The van der Waals surface area contributed by atoms with Gasteiger partial charge in [0.15, 0.2) is 11.5 Å². The largest absolute Gasteiger partial charge is 0.454 e. The zero-order chi connectivity index (χ0) is 17.8. The second-order valence-corrected chi connectivity index (χ2v) is 7.03. The fraction of sp³-hybridized carbons (Fsp3) is 0.333. The lowest BCUT2D eigenvalue weighted by Gasteiger charge is -2.21. The number of hydrogen-bond acceptors (Lipinski definition) is 5. The summed E-state index contributed by atoms with van der Waals surface area (Å²) in [6, 6.07) is 8.50. The molecule has 2 aromatic rings. The Balaban J connectivity index is 1.60. The third kappa shape index (κ3) is 4.11. The van der Waals surface area contributed by atoms with Gasteiger partial charge in [-0.05, 0) is 35.1 Å². The molecular formula is C18H20N2O4S. The molecule has 0 saturated heterocycles. The number of benzene rings is 1. The average molecular weight is 360 g/mol. The summed E-state index contributed by atoms with van der Waals surface area (Å²) in [5, 5.41) is 7.52. The summed E-state index contributed by atoms with van der Waals surface area (Å²) in [6.07, 6.45) is 0. The molecule has 25 heavy (non-hydrogen) atoms. The van der Waals surface area contributed by atoms with Gasteiger partial charge in [0.1, 0.15) is 6.04 Å². The van der Waals surface area contributed by atoms with Crippen molar-refractivity contribution in [2.75, 3.05) is 6.79 Å². The lowest BCUT2D eigenvalue weighted by molar-refractivity contribution is -0.124. The maximum absolute atomic E-state index is 12.5. The Labute approximate surface area is 150 Å². The maximum Gasteiger partial charge on any atom is 0.262 e. The molecule has 7 heteroatoms. The number of thiophene rings is 1. The molecule has 132 valence electrons. The summed E-state index contributed by atoms with van der Waals surface area (Å²) in [5.74, 6) is 0.918. The molecular weight excluding hydrogens is 340 g/mol. The molecule has 0 radical (unpaired) electrons. The van der Waals surface area contributed by atoms with Crippen LogP contribution in [0.5, 0.6) is 11.5 Å². The number of rotatable bonds is 6. The van der Waals surface area contributed by atoms with Crippen molar-refractivity contribution in [1.82, 2.24) is 10.6 Å². The first-order valence-corrected chi connectivity index (χ1v) is 8.93. The molecule has 2 amide bonds. The summed E-state index contributed by atoms with van der Waals surface area (Å²) in [6.45, 7) is 4.38. The standard InChI is InChI=1S/C18H20N2O4S/c1-11(2)16(20-17(21)15-4-3-7-25-15)18(22)19-9-12-5-6-13-14(8-12)24-10-23-13/h3-8,11,16H,9-10H2,1-2H3,(H,19,22)(H,20,21). The fourth-order valence-electron chi connectivity index (χ4n) is 2.51. The van der Waals surface area contributed by atoms with Gasteiger partial charge >= 0.3 is 0 Å². The number of nitrogens with one attached hydrogen (secondary N) is 2. The van der Waals surface area contributed by atoms with Gasteiger partial charge in [-0.2, -0.15) is 0 Å². The molecule has 1 aliphatic heterocycles. The molecule has 0 bridgehead atoms. The lowest BCUT2D eigenvalue weighted by Crippen LogP contribution is -2.49. The van der Waals surface area contributed by atoms with E-state index in [0.717, 1.165) is 5.56 Å². The predicted molar refractivity (Wildman–Crippen MR) is 94.8 cm³/mol. The van der Waals surface area contributed by atoms with E-state index >= 15 is 0 Å². The third-order valence-corrected chi connectivity index (χ3v) is 4.75. The van der Waals surface area contributed by atoms with Crippen LogP contribution in [-0.2, 0) is 11.3 Å². The quantitative estimate of drug-likeness (QED) is 0.830. The van der Waals surface area contributed by atoms with E-state index in [2.05, 4.69) is 10.6 Å². The third-order valence-electron chi connectivity index (χ3n) is 3.88. The minimum Gasteiger partial charge on any atom is -0.454 e. The van der Waals surface area contributed by atoms with Gasteiger partial charge in [0.25, 0.3) is 5.91 Å². The van der Waals surface area contributed by atoms with Crippen molar-refractivity contribution < 1.29 is 19.1 Å². The van der Waals surface area contributed by atoms with Gasteiger partial charge in [-0.3, -0.25) is 9.59 Å². The number of ether oxygens (including phenoxy) is 2. The highest BCUT2D eigenvalue weighted by Crippen LogP contribution is 2.32. The summed E-state index contributed by atoms with van der Waals surface area (Å²) < 4.78 is 10.6. The molecule has 2 heterocycles. The van der Waals surface area contributed by atoms with Crippen LogP contribution in [0.2, 0.25) is 0 Å². The molecule has 2 N–H and O–H groups in total. The van der Waals surface area contributed by atoms with Crippen LogP contribution in [0, 0.1) is 5.92 Å². The molecule has 1 aliphatic rings. The molecule has 1 aromatic heterocycles.